The van der Waals surface area contributed by atoms with Gasteiger partial charge in [0.05, 0.1) is 17.2 Å². The maximum Gasteiger partial charge on any atom is 0.271 e. The summed E-state index contributed by atoms with van der Waals surface area (Å²) in [7, 11) is 0. The van der Waals surface area contributed by atoms with Gasteiger partial charge in [0.2, 0.25) is 0 Å². The third-order valence-electron chi connectivity index (χ3n) is 2.06. The Morgan fingerprint density at radius 1 is 1.47 bits per heavy atom. The molecule has 0 amide bonds. The van der Waals surface area contributed by atoms with Gasteiger partial charge in [-0.05, 0) is 13.0 Å². The summed E-state index contributed by atoms with van der Waals surface area (Å²) >= 11 is 0. The second kappa shape index (κ2) is 8.12. The minimum Gasteiger partial charge on any atom is -0.379 e. The number of nitro groups is 1. The van der Waals surface area contributed by atoms with Crippen molar-refractivity contribution in [1.29, 1.82) is 5.41 Å². The first-order valence-corrected chi connectivity index (χ1v) is 5.78. The molecule has 0 saturated carbocycles. The SMILES string of the molecule is CC.CC(=N)c1ccc([N+](=O)[O-])cc1NCC(F)F. The monoisotopic (exact) mass is 273 g/mol. The average molecular weight is 273 g/mol. The Morgan fingerprint density at radius 3 is 2.47 bits per heavy atom. The van der Waals surface area contributed by atoms with Crippen molar-refractivity contribution in [3.8, 4) is 0 Å². The van der Waals surface area contributed by atoms with Gasteiger partial charge < -0.3 is 10.7 Å². The molecule has 0 aliphatic heterocycles. The van der Waals surface area contributed by atoms with Gasteiger partial charge in [-0.15, -0.1) is 0 Å². The highest BCUT2D eigenvalue weighted by Gasteiger charge is 2.13. The van der Waals surface area contributed by atoms with Crippen molar-refractivity contribution < 1.29 is 13.7 Å². The molecule has 1 aromatic rings. The maximum absolute atomic E-state index is 12.1. The molecule has 0 spiro atoms. The Hall–Kier alpha value is -2.05. The fourth-order valence-electron chi connectivity index (χ4n) is 1.31. The van der Waals surface area contributed by atoms with Gasteiger partial charge in [-0.1, -0.05) is 13.8 Å². The molecule has 0 unspecified atom stereocenters. The summed E-state index contributed by atoms with van der Waals surface area (Å²) in [4.78, 5) is 9.93. The molecule has 19 heavy (non-hydrogen) atoms. The van der Waals surface area contributed by atoms with Crippen LogP contribution in [-0.4, -0.2) is 23.6 Å². The smallest absolute Gasteiger partial charge is 0.271 e. The highest BCUT2D eigenvalue weighted by Crippen LogP contribution is 2.23. The molecule has 2 N–H and O–H groups in total. The molecule has 1 rings (SSSR count). The number of nitrogens with one attached hydrogen (secondary N) is 2. The number of halogens is 2. The van der Waals surface area contributed by atoms with Gasteiger partial charge in [-0.2, -0.15) is 0 Å². The first-order chi connectivity index (χ1) is 8.91. The largest absolute Gasteiger partial charge is 0.379 e. The fourth-order valence-corrected chi connectivity index (χ4v) is 1.31. The molecule has 0 bridgehead atoms. The second-order valence-electron chi connectivity index (χ2n) is 3.38. The number of anilines is 1. The Kier molecular flexibility index (Phi) is 7.25. The Bertz CT molecular complexity index is 451. The number of hydrogen-bond donors (Lipinski definition) is 2. The van der Waals surface area contributed by atoms with E-state index in [1.54, 1.807) is 0 Å². The van der Waals surface area contributed by atoms with Crippen LogP contribution in [0, 0.1) is 15.5 Å². The Labute approximate surface area is 110 Å². The third-order valence-corrected chi connectivity index (χ3v) is 2.06. The van der Waals surface area contributed by atoms with Gasteiger partial charge in [-0.3, -0.25) is 10.1 Å². The Balaban J connectivity index is 0.00000154. The molecule has 0 fully saturated rings. The maximum atomic E-state index is 12.1. The van der Waals surface area contributed by atoms with E-state index >= 15 is 0 Å². The van der Waals surface area contributed by atoms with E-state index in [2.05, 4.69) is 5.32 Å². The molecule has 5 nitrogen and oxygen atoms in total. The molecule has 0 heterocycles. The van der Waals surface area contributed by atoms with Crippen LogP contribution in [0.3, 0.4) is 0 Å². The zero-order valence-electron chi connectivity index (χ0n) is 11.0. The second-order valence-corrected chi connectivity index (χ2v) is 3.38. The van der Waals surface area contributed by atoms with Gasteiger partial charge in [0.15, 0.2) is 0 Å². The van der Waals surface area contributed by atoms with Crippen LogP contribution in [0.25, 0.3) is 0 Å². The van der Waals surface area contributed by atoms with Crippen molar-refractivity contribution in [2.24, 2.45) is 0 Å². The predicted molar refractivity (Wildman–Crippen MR) is 71.4 cm³/mol. The molecule has 0 saturated heterocycles. The molecule has 1 aromatic carbocycles. The zero-order valence-corrected chi connectivity index (χ0v) is 11.0. The molecule has 0 aliphatic carbocycles. The first-order valence-electron chi connectivity index (χ1n) is 5.78. The van der Waals surface area contributed by atoms with E-state index in [1.807, 2.05) is 13.8 Å². The lowest BCUT2D eigenvalue weighted by Crippen LogP contribution is -2.13. The number of benzene rings is 1. The van der Waals surface area contributed by atoms with Gasteiger partial charge in [-0.25, -0.2) is 8.78 Å². The third kappa shape index (κ3) is 5.41. The van der Waals surface area contributed by atoms with E-state index in [0.717, 1.165) is 6.07 Å². The van der Waals surface area contributed by atoms with Gasteiger partial charge >= 0.3 is 0 Å². The predicted octanol–water partition coefficient (Wildman–Crippen LogP) is 3.69. The summed E-state index contributed by atoms with van der Waals surface area (Å²) in [5.74, 6) is 0. The van der Waals surface area contributed by atoms with Crippen LogP contribution in [0.4, 0.5) is 20.2 Å². The average Bonchev–Trinajstić information content (AvgIpc) is 2.38. The number of nitrogens with zero attached hydrogens (tertiary/aromatic N) is 1. The number of alkyl halides is 2. The molecule has 106 valence electrons. The standard InChI is InChI=1S/C10H11F2N3O2.C2H6/c1-6(13)8-3-2-7(15(16)17)4-9(8)14-5-10(11)12;1-2/h2-4,10,13-14H,5H2,1H3;1-2H3. The van der Waals surface area contributed by atoms with Crippen LogP contribution in [0.1, 0.15) is 26.3 Å². The summed E-state index contributed by atoms with van der Waals surface area (Å²) in [5, 5.41) is 20.4. The number of rotatable bonds is 5. The topological polar surface area (TPSA) is 79.0 Å². The summed E-state index contributed by atoms with van der Waals surface area (Å²) in [6.07, 6.45) is -2.56. The van der Waals surface area contributed by atoms with Crippen LogP contribution >= 0.6 is 0 Å². The van der Waals surface area contributed by atoms with E-state index in [0.29, 0.717) is 5.56 Å². The quantitative estimate of drug-likeness (QED) is 0.488. The lowest BCUT2D eigenvalue weighted by Gasteiger charge is -2.10. The van der Waals surface area contributed by atoms with Crippen molar-refractivity contribution >= 4 is 17.1 Å². The van der Waals surface area contributed by atoms with Crippen molar-refractivity contribution in [3.05, 3.63) is 33.9 Å². The van der Waals surface area contributed by atoms with Gasteiger partial charge in [0, 0.05) is 23.4 Å². The lowest BCUT2D eigenvalue weighted by atomic mass is 10.1. The highest BCUT2D eigenvalue weighted by molar-refractivity contribution is 6.01. The molecule has 0 aromatic heterocycles. The molecule has 0 radical (unpaired) electrons. The lowest BCUT2D eigenvalue weighted by molar-refractivity contribution is -0.384. The molecule has 0 aliphatic rings. The van der Waals surface area contributed by atoms with Crippen LogP contribution in [0.5, 0.6) is 0 Å². The minimum atomic E-state index is -2.56. The van der Waals surface area contributed by atoms with Crippen molar-refractivity contribution in [3.63, 3.8) is 0 Å². The van der Waals surface area contributed by atoms with Gasteiger partial charge in [0.25, 0.3) is 12.1 Å². The van der Waals surface area contributed by atoms with Crippen molar-refractivity contribution in [1.82, 2.24) is 0 Å². The Morgan fingerprint density at radius 2 is 2.05 bits per heavy atom. The van der Waals surface area contributed by atoms with Crippen molar-refractivity contribution in [2.75, 3.05) is 11.9 Å². The summed E-state index contributed by atoms with van der Waals surface area (Å²) < 4.78 is 24.1. The highest BCUT2D eigenvalue weighted by atomic mass is 19.3. The number of nitro benzene ring substituents is 1. The molecule has 0 atom stereocenters. The normalized spacial score (nSPS) is 9.58. The van der Waals surface area contributed by atoms with Gasteiger partial charge in [0.1, 0.15) is 0 Å². The van der Waals surface area contributed by atoms with E-state index in [9.17, 15) is 18.9 Å². The van der Waals surface area contributed by atoms with Crippen LogP contribution < -0.4 is 5.32 Å². The van der Waals surface area contributed by atoms with Crippen LogP contribution in [0.15, 0.2) is 18.2 Å². The van der Waals surface area contributed by atoms with Crippen LogP contribution in [-0.2, 0) is 0 Å². The summed E-state index contributed by atoms with van der Waals surface area (Å²) in [6, 6.07) is 3.75. The van der Waals surface area contributed by atoms with Crippen molar-refractivity contribution in [2.45, 2.75) is 27.2 Å². The van der Waals surface area contributed by atoms with E-state index in [4.69, 9.17) is 5.41 Å². The molecular formula is C12H17F2N3O2. The number of hydrogen-bond acceptors (Lipinski definition) is 4. The van der Waals surface area contributed by atoms with E-state index in [1.165, 1.54) is 19.1 Å². The molecular weight excluding hydrogens is 256 g/mol. The zero-order chi connectivity index (χ0) is 15.0. The van der Waals surface area contributed by atoms with Crippen LogP contribution in [0.2, 0.25) is 0 Å². The minimum absolute atomic E-state index is 0.150. The molecule has 7 heteroatoms. The first kappa shape index (κ1) is 16.9. The summed E-state index contributed by atoms with van der Waals surface area (Å²) in [5.41, 5.74) is 0.492. The van der Waals surface area contributed by atoms with E-state index in [-0.39, 0.29) is 17.1 Å². The summed E-state index contributed by atoms with van der Waals surface area (Å²) in [6.45, 7) is 4.87. The number of non-ortho nitro benzene ring substituents is 1. The van der Waals surface area contributed by atoms with E-state index < -0.39 is 17.9 Å². The fraction of sp³-hybridized carbons (Fsp3) is 0.417.